The Balaban J connectivity index is 1.55. The van der Waals surface area contributed by atoms with E-state index >= 15 is 0 Å². The number of hydrogen-bond acceptors (Lipinski definition) is 4. The number of amides is 1. The van der Waals surface area contributed by atoms with Gasteiger partial charge >= 0.3 is 0 Å². The Morgan fingerprint density at radius 1 is 1.25 bits per heavy atom. The van der Waals surface area contributed by atoms with E-state index in [1.165, 1.54) is 43.4 Å². The van der Waals surface area contributed by atoms with Crippen molar-refractivity contribution in [1.82, 2.24) is 19.8 Å². The molecule has 4 rings (SSSR count). The highest BCUT2D eigenvalue weighted by molar-refractivity contribution is 7.21. The predicted octanol–water partition coefficient (Wildman–Crippen LogP) is 5.87. The topological polar surface area (TPSA) is 50.2 Å². The first-order chi connectivity index (χ1) is 15.5. The maximum atomic E-state index is 13.4. The van der Waals surface area contributed by atoms with Crippen LogP contribution in [0.4, 0.5) is 0 Å². The molecule has 0 saturated heterocycles. The third-order valence-corrected chi connectivity index (χ3v) is 7.96. The van der Waals surface area contributed by atoms with E-state index in [1.54, 1.807) is 0 Å². The van der Waals surface area contributed by atoms with Crippen LogP contribution < -0.4 is 5.32 Å². The highest BCUT2D eigenvalue weighted by Crippen LogP contribution is 2.35. The number of carbonyl (C=O) groups is 1. The highest BCUT2D eigenvalue weighted by atomic mass is 32.1. The van der Waals surface area contributed by atoms with Gasteiger partial charge in [0.25, 0.3) is 5.91 Å². The molecule has 1 fully saturated rings. The van der Waals surface area contributed by atoms with Crippen LogP contribution in [-0.2, 0) is 0 Å². The summed E-state index contributed by atoms with van der Waals surface area (Å²) in [5, 5.41) is 4.31. The van der Waals surface area contributed by atoms with Crippen molar-refractivity contribution in [2.24, 2.45) is 0 Å². The fraction of sp³-hybridized carbons (Fsp3) is 0.538. The number of fused-ring (bicyclic) bond motifs is 1. The Labute approximate surface area is 195 Å². The molecule has 0 spiro atoms. The van der Waals surface area contributed by atoms with Crippen LogP contribution in [0.3, 0.4) is 0 Å². The van der Waals surface area contributed by atoms with Gasteiger partial charge in [0.05, 0.1) is 5.69 Å². The van der Waals surface area contributed by atoms with E-state index in [4.69, 9.17) is 4.98 Å². The zero-order valence-corrected chi connectivity index (χ0v) is 20.7. The number of aryl methyl sites for hydroxylation is 2. The van der Waals surface area contributed by atoms with Gasteiger partial charge in [0.15, 0.2) is 0 Å². The Morgan fingerprint density at radius 2 is 1.97 bits per heavy atom. The lowest BCUT2D eigenvalue weighted by Crippen LogP contribution is -2.46. The molecule has 32 heavy (non-hydrogen) atoms. The van der Waals surface area contributed by atoms with Crippen molar-refractivity contribution in [2.45, 2.75) is 78.3 Å². The summed E-state index contributed by atoms with van der Waals surface area (Å²) in [6, 6.07) is 7.29. The molecule has 1 atom stereocenters. The van der Waals surface area contributed by atoms with Gasteiger partial charge < -0.3 is 9.88 Å². The molecule has 5 nitrogen and oxygen atoms in total. The molecule has 6 heteroatoms. The minimum atomic E-state index is 0.00139. The third kappa shape index (κ3) is 4.76. The van der Waals surface area contributed by atoms with Crippen LogP contribution in [-0.4, -0.2) is 45.5 Å². The number of pyridine rings is 1. The SMILES string of the molecule is CCC(C)N(CCNC(=O)c1sc2nc(C)cc(C)c2c1-n1cccc1)C1CCCCC1. The summed E-state index contributed by atoms with van der Waals surface area (Å²) in [6.07, 6.45) is 11.8. The van der Waals surface area contributed by atoms with Gasteiger partial charge in [-0.15, -0.1) is 11.3 Å². The van der Waals surface area contributed by atoms with Crippen LogP contribution in [0, 0.1) is 13.8 Å². The van der Waals surface area contributed by atoms with Crippen molar-refractivity contribution in [3.05, 3.63) is 46.7 Å². The minimum absolute atomic E-state index is 0.00139. The van der Waals surface area contributed by atoms with E-state index in [2.05, 4.69) is 37.1 Å². The monoisotopic (exact) mass is 452 g/mol. The molecule has 0 bridgehead atoms. The first kappa shape index (κ1) is 23.0. The number of rotatable bonds is 8. The van der Waals surface area contributed by atoms with E-state index in [-0.39, 0.29) is 5.91 Å². The van der Waals surface area contributed by atoms with Crippen molar-refractivity contribution in [3.8, 4) is 5.69 Å². The van der Waals surface area contributed by atoms with Crippen LogP contribution in [0.5, 0.6) is 0 Å². The van der Waals surface area contributed by atoms with Crippen LogP contribution in [0.15, 0.2) is 30.6 Å². The number of aromatic nitrogens is 2. The predicted molar refractivity (Wildman–Crippen MR) is 134 cm³/mol. The Bertz CT molecular complexity index is 1050. The normalized spacial score (nSPS) is 16.0. The first-order valence-corrected chi connectivity index (χ1v) is 12.9. The van der Waals surface area contributed by atoms with Crippen LogP contribution in [0.1, 0.15) is 73.3 Å². The summed E-state index contributed by atoms with van der Waals surface area (Å²) in [6.45, 7) is 10.3. The summed E-state index contributed by atoms with van der Waals surface area (Å²) in [5.41, 5.74) is 3.09. The second kappa shape index (κ2) is 10.2. The van der Waals surface area contributed by atoms with Crippen LogP contribution >= 0.6 is 11.3 Å². The summed E-state index contributed by atoms with van der Waals surface area (Å²) < 4.78 is 2.05. The van der Waals surface area contributed by atoms with E-state index in [0.29, 0.717) is 18.6 Å². The lowest BCUT2D eigenvalue weighted by atomic mass is 9.93. The van der Waals surface area contributed by atoms with Gasteiger partial charge in [-0.1, -0.05) is 26.2 Å². The lowest BCUT2D eigenvalue weighted by molar-refractivity contribution is 0.0907. The van der Waals surface area contributed by atoms with E-state index < -0.39 is 0 Å². The minimum Gasteiger partial charge on any atom is -0.350 e. The second-order valence-electron chi connectivity index (χ2n) is 9.17. The van der Waals surface area contributed by atoms with E-state index in [9.17, 15) is 4.79 Å². The van der Waals surface area contributed by atoms with Crippen molar-refractivity contribution in [2.75, 3.05) is 13.1 Å². The lowest BCUT2D eigenvalue weighted by Gasteiger charge is -2.38. The van der Waals surface area contributed by atoms with Gasteiger partial charge in [-0.3, -0.25) is 9.69 Å². The van der Waals surface area contributed by atoms with Gasteiger partial charge in [-0.25, -0.2) is 4.98 Å². The Kier molecular flexibility index (Phi) is 7.31. The Hall–Kier alpha value is -2.18. The van der Waals surface area contributed by atoms with E-state index in [1.807, 2.05) is 36.0 Å². The van der Waals surface area contributed by atoms with Gasteiger partial charge in [-0.05, 0) is 63.8 Å². The molecule has 172 valence electrons. The van der Waals surface area contributed by atoms with E-state index in [0.717, 1.165) is 45.0 Å². The molecule has 1 unspecified atom stereocenters. The second-order valence-corrected chi connectivity index (χ2v) is 10.2. The molecule has 3 aromatic heterocycles. The molecular weight excluding hydrogens is 416 g/mol. The number of nitrogens with one attached hydrogen (secondary N) is 1. The summed E-state index contributed by atoms with van der Waals surface area (Å²) in [7, 11) is 0. The van der Waals surface area contributed by atoms with Crippen LogP contribution in [0.25, 0.3) is 15.9 Å². The summed E-state index contributed by atoms with van der Waals surface area (Å²) >= 11 is 1.50. The smallest absolute Gasteiger partial charge is 0.263 e. The molecular formula is C26H36N4OS. The largest absolute Gasteiger partial charge is 0.350 e. The van der Waals surface area contributed by atoms with Crippen molar-refractivity contribution in [3.63, 3.8) is 0 Å². The fourth-order valence-corrected chi connectivity index (χ4v) is 6.31. The number of hydrogen-bond donors (Lipinski definition) is 1. The maximum absolute atomic E-state index is 13.4. The zero-order chi connectivity index (χ0) is 22.7. The average Bonchev–Trinajstić information content (AvgIpc) is 3.44. The fourth-order valence-electron chi connectivity index (χ4n) is 5.10. The molecule has 1 aliphatic carbocycles. The number of thiophene rings is 1. The molecule has 3 heterocycles. The molecule has 0 aliphatic heterocycles. The molecule has 0 aromatic carbocycles. The Morgan fingerprint density at radius 3 is 2.66 bits per heavy atom. The third-order valence-electron chi connectivity index (χ3n) is 6.89. The van der Waals surface area contributed by atoms with Gasteiger partial charge in [0.2, 0.25) is 0 Å². The molecule has 1 aliphatic rings. The summed E-state index contributed by atoms with van der Waals surface area (Å²) in [5.74, 6) is 0.00139. The van der Waals surface area contributed by atoms with Crippen molar-refractivity contribution in [1.29, 1.82) is 0 Å². The standard InChI is InChI=1S/C26H36N4OS/c1-5-20(4)30(21-11-7-6-8-12-21)16-13-27-25(31)24-23(29-14-9-10-15-29)22-18(2)17-19(3)28-26(22)32-24/h9-10,14-15,17,20-21H,5-8,11-13,16H2,1-4H3,(H,27,31). The van der Waals surface area contributed by atoms with Gasteiger partial charge in [0, 0.05) is 48.6 Å². The molecule has 0 radical (unpaired) electrons. The first-order valence-electron chi connectivity index (χ1n) is 12.1. The summed E-state index contributed by atoms with van der Waals surface area (Å²) in [4.78, 5) is 22.4. The van der Waals surface area contributed by atoms with Crippen molar-refractivity contribution < 1.29 is 4.79 Å². The number of nitrogens with zero attached hydrogens (tertiary/aromatic N) is 3. The molecule has 3 aromatic rings. The average molecular weight is 453 g/mol. The molecule has 1 amide bonds. The van der Waals surface area contributed by atoms with Crippen molar-refractivity contribution >= 4 is 27.5 Å². The quantitative estimate of drug-likeness (QED) is 0.465. The highest BCUT2D eigenvalue weighted by Gasteiger charge is 2.25. The van der Waals surface area contributed by atoms with Gasteiger partial charge in [-0.2, -0.15) is 0 Å². The zero-order valence-electron chi connectivity index (χ0n) is 19.9. The van der Waals surface area contributed by atoms with Crippen LogP contribution in [0.2, 0.25) is 0 Å². The number of carbonyl (C=O) groups excluding carboxylic acids is 1. The maximum Gasteiger partial charge on any atom is 0.263 e. The molecule has 1 saturated carbocycles. The molecule has 1 N–H and O–H groups in total. The van der Waals surface area contributed by atoms with Gasteiger partial charge in [0.1, 0.15) is 9.71 Å².